The van der Waals surface area contributed by atoms with Gasteiger partial charge in [-0.15, -0.1) is 0 Å². The van der Waals surface area contributed by atoms with Gasteiger partial charge in [0.15, 0.2) is 0 Å². The minimum Gasteiger partial charge on any atom is -0.325 e. The van der Waals surface area contributed by atoms with Crippen LogP contribution in [0.1, 0.15) is 13.8 Å². The van der Waals surface area contributed by atoms with E-state index in [1.54, 1.807) is 0 Å². The summed E-state index contributed by atoms with van der Waals surface area (Å²) in [6.07, 6.45) is 0. The maximum Gasteiger partial charge on any atom is 0.319 e. The van der Waals surface area contributed by atoms with E-state index in [0.717, 1.165) is 0 Å². The fourth-order valence-corrected chi connectivity index (χ4v) is 0. The third-order valence-corrected chi connectivity index (χ3v) is 0. The highest BCUT2D eigenvalue weighted by molar-refractivity contribution is 8.06. The number of rotatable bonds is 0. The zero-order chi connectivity index (χ0) is 11.0. The van der Waals surface area contributed by atoms with Crippen molar-refractivity contribution < 1.29 is 29.4 Å². The molecule has 0 bridgehead atoms. The summed E-state index contributed by atoms with van der Waals surface area (Å²) in [7, 11) is 0. The molecule has 0 amide bonds. The zero-order valence-electron chi connectivity index (χ0n) is 6.39. The molecule has 0 aliphatic rings. The molecule has 10 heteroatoms. The van der Waals surface area contributed by atoms with Crippen molar-refractivity contribution in [2.24, 2.45) is 0 Å². The highest BCUT2D eigenvalue weighted by atomic mass is 32.5. The van der Waals surface area contributed by atoms with Crippen molar-refractivity contribution >= 4 is 37.1 Å². The van der Waals surface area contributed by atoms with Gasteiger partial charge in [0.1, 0.15) is 0 Å². The van der Waals surface area contributed by atoms with Crippen LogP contribution in [0.5, 0.6) is 0 Å². The van der Waals surface area contributed by atoms with Gasteiger partial charge in [0, 0.05) is 0 Å². The van der Waals surface area contributed by atoms with E-state index in [1.165, 1.54) is 0 Å². The van der Waals surface area contributed by atoms with Gasteiger partial charge in [-0.05, 0) is 23.6 Å². The quantitative estimate of drug-likeness (QED) is 0.319. The first-order valence-corrected chi connectivity index (χ1v) is 7.89. The lowest BCUT2D eigenvalue weighted by atomic mass is 11.0. The number of hydrogen-bond acceptors (Lipinski definition) is 2. The summed E-state index contributed by atoms with van der Waals surface area (Å²) in [5, 5.41) is 0. The lowest BCUT2D eigenvalue weighted by molar-refractivity contribution is 0.361. The van der Waals surface area contributed by atoms with E-state index in [2.05, 4.69) is 23.6 Å². The lowest BCUT2D eigenvalue weighted by Gasteiger charge is -1.88. The van der Waals surface area contributed by atoms with Gasteiger partial charge in [-0.1, -0.05) is 13.8 Å². The molecule has 0 aromatic carbocycles. The summed E-state index contributed by atoms with van der Waals surface area (Å²) in [5.41, 5.74) is 0. The van der Waals surface area contributed by atoms with Crippen molar-refractivity contribution in [1.29, 1.82) is 0 Å². The van der Waals surface area contributed by atoms with E-state index in [9.17, 15) is 0 Å². The Hall–Kier alpha value is 1.06. The SMILES string of the molecule is CC.OP(O)(O)=S.OP(O)(O)=S. The van der Waals surface area contributed by atoms with Gasteiger partial charge in [0.2, 0.25) is 0 Å². The van der Waals surface area contributed by atoms with Crippen molar-refractivity contribution in [1.82, 2.24) is 0 Å². The van der Waals surface area contributed by atoms with Gasteiger partial charge < -0.3 is 29.4 Å². The molecule has 0 saturated heterocycles. The van der Waals surface area contributed by atoms with Crippen molar-refractivity contribution in [3.8, 4) is 0 Å². The Morgan fingerprint density at radius 3 is 0.667 bits per heavy atom. The molecule has 0 radical (unpaired) electrons. The van der Waals surface area contributed by atoms with Gasteiger partial charge in [-0.25, -0.2) is 0 Å². The van der Waals surface area contributed by atoms with E-state index in [4.69, 9.17) is 29.4 Å². The maximum atomic E-state index is 7.56. The standard InChI is InChI=1S/C2H6.2H3O3PS/c1-2;2*1-4(2,3)5/h1-2H3;2*(H3,1,2,3,5). The zero-order valence-corrected chi connectivity index (χ0v) is 9.82. The van der Waals surface area contributed by atoms with Gasteiger partial charge in [-0.3, -0.25) is 0 Å². The summed E-state index contributed by atoms with van der Waals surface area (Å²) in [6, 6.07) is 0. The summed E-state index contributed by atoms with van der Waals surface area (Å²) in [4.78, 5) is 45.3. The van der Waals surface area contributed by atoms with E-state index in [0.29, 0.717) is 0 Å². The molecule has 0 heterocycles. The normalized spacial score (nSPS) is 10.3. The molecule has 78 valence electrons. The van der Waals surface area contributed by atoms with Crippen LogP contribution in [0.25, 0.3) is 0 Å². The lowest BCUT2D eigenvalue weighted by Crippen LogP contribution is -1.65. The fraction of sp³-hybridized carbons (Fsp3) is 1.00. The largest absolute Gasteiger partial charge is 0.325 e. The minimum absolute atomic E-state index is 2.00. The first-order valence-electron chi connectivity index (χ1n) is 2.57. The molecule has 6 nitrogen and oxygen atoms in total. The Balaban J connectivity index is -0.000000112. The predicted molar refractivity (Wildman–Crippen MR) is 53.2 cm³/mol. The molecule has 0 spiro atoms. The maximum absolute atomic E-state index is 7.56. The van der Waals surface area contributed by atoms with Crippen LogP contribution in [-0.4, -0.2) is 29.4 Å². The summed E-state index contributed by atoms with van der Waals surface area (Å²) < 4.78 is 0. The number of hydrogen-bond donors (Lipinski definition) is 6. The third-order valence-electron chi connectivity index (χ3n) is 0. The van der Waals surface area contributed by atoms with Crippen molar-refractivity contribution in [2.75, 3.05) is 0 Å². The molecular formula is C2H12O6P2S2. The monoisotopic (exact) mass is 258 g/mol. The first kappa shape index (κ1) is 18.8. The molecule has 0 unspecified atom stereocenters. The molecule has 0 aromatic rings. The van der Waals surface area contributed by atoms with Crippen molar-refractivity contribution in [3.05, 3.63) is 0 Å². The minimum atomic E-state index is -3.81. The molecule has 0 saturated carbocycles. The molecule has 0 aliphatic carbocycles. The molecule has 0 rings (SSSR count). The van der Waals surface area contributed by atoms with Crippen molar-refractivity contribution in [3.63, 3.8) is 0 Å². The van der Waals surface area contributed by atoms with Crippen LogP contribution in [0.15, 0.2) is 0 Å². The van der Waals surface area contributed by atoms with Crippen LogP contribution >= 0.6 is 13.4 Å². The molecular weight excluding hydrogens is 246 g/mol. The van der Waals surface area contributed by atoms with Gasteiger partial charge in [0.25, 0.3) is 0 Å². The highest BCUT2D eigenvalue weighted by Crippen LogP contribution is 2.26. The molecule has 0 atom stereocenters. The van der Waals surface area contributed by atoms with Crippen LogP contribution in [0, 0.1) is 0 Å². The van der Waals surface area contributed by atoms with E-state index in [1.807, 2.05) is 13.8 Å². The second kappa shape index (κ2) is 8.65. The van der Waals surface area contributed by atoms with Gasteiger partial charge in [0.05, 0.1) is 0 Å². The van der Waals surface area contributed by atoms with Crippen LogP contribution in [0.3, 0.4) is 0 Å². The fourth-order valence-electron chi connectivity index (χ4n) is 0. The Bertz CT molecular complexity index is 134. The van der Waals surface area contributed by atoms with Crippen molar-refractivity contribution in [2.45, 2.75) is 13.8 Å². The summed E-state index contributed by atoms with van der Waals surface area (Å²) in [5.74, 6) is 0. The Morgan fingerprint density at radius 1 is 0.667 bits per heavy atom. The average molecular weight is 258 g/mol. The van der Waals surface area contributed by atoms with Crippen LogP contribution in [0.4, 0.5) is 0 Å². The summed E-state index contributed by atoms with van der Waals surface area (Å²) >= 11 is 7.21. The molecule has 0 aromatic heterocycles. The Kier molecular flexibility index (Phi) is 13.5. The molecule has 6 N–H and O–H groups in total. The van der Waals surface area contributed by atoms with Gasteiger partial charge >= 0.3 is 13.4 Å². The highest BCUT2D eigenvalue weighted by Gasteiger charge is 1.92. The van der Waals surface area contributed by atoms with Crippen LogP contribution < -0.4 is 0 Å². The Morgan fingerprint density at radius 2 is 0.667 bits per heavy atom. The van der Waals surface area contributed by atoms with Gasteiger partial charge in [-0.2, -0.15) is 0 Å². The second-order valence-electron chi connectivity index (χ2n) is 1.03. The molecule has 0 aliphatic heterocycles. The average Bonchev–Trinajstić information content (AvgIpc) is 1.59. The predicted octanol–water partition coefficient (Wildman–Crippen LogP) is -0.598. The van der Waals surface area contributed by atoms with E-state index >= 15 is 0 Å². The Labute approximate surface area is 80.6 Å². The molecule has 0 fully saturated rings. The first-order chi connectivity index (χ1) is 5.00. The smallest absolute Gasteiger partial charge is 0.319 e. The van der Waals surface area contributed by atoms with E-state index < -0.39 is 13.4 Å². The third kappa shape index (κ3) is 996. The van der Waals surface area contributed by atoms with Crippen LogP contribution in [0.2, 0.25) is 0 Å². The second-order valence-corrected chi connectivity index (χ2v) is 6.02. The van der Waals surface area contributed by atoms with E-state index in [-0.39, 0.29) is 0 Å². The van der Waals surface area contributed by atoms with Crippen LogP contribution in [-0.2, 0) is 23.6 Å². The topological polar surface area (TPSA) is 121 Å². The molecule has 12 heavy (non-hydrogen) atoms. The summed E-state index contributed by atoms with van der Waals surface area (Å²) in [6.45, 7) is -3.61.